The van der Waals surface area contributed by atoms with Crippen molar-refractivity contribution in [2.24, 2.45) is 17.6 Å². The van der Waals surface area contributed by atoms with E-state index in [1.165, 1.54) is 0 Å². The number of hydrogen-bond acceptors (Lipinski definition) is 2. The number of ether oxygens (including phenoxy) is 1. The second kappa shape index (κ2) is 4.58. The second-order valence-electron chi connectivity index (χ2n) is 5.03. The van der Waals surface area contributed by atoms with Crippen LogP contribution in [0.2, 0.25) is 0 Å². The molecule has 1 saturated heterocycles. The Labute approximate surface area is 86.0 Å². The summed E-state index contributed by atoms with van der Waals surface area (Å²) >= 11 is 0. The van der Waals surface area contributed by atoms with Crippen molar-refractivity contribution in [3.05, 3.63) is 0 Å². The molecule has 0 bridgehead atoms. The highest BCUT2D eigenvalue weighted by molar-refractivity contribution is 4.95. The summed E-state index contributed by atoms with van der Waals surface area (Å²) in [5, 5.41) is 0. The van der Waals surface area contributed by atoms with Crippen LogP contribution >= 0.6 is 0 Å². The topological polar surface area (TPSA) is 35.2 Å². The Morgan fingerprint density at radius 1 is 1.29 bits per heavy atom. The van der Waals surface area contributed by atoms with Gasteiger partial charge in [-0.15, -0.1) is 0 Å². The van der Waals surface area contributed by atoms with E-state index in [0.717, 1.165) is 6.42 Å². The Balaban J connectivity index is 2.57. The Morgan fingerprint density at radius 2 is 1.86 bits per heavy atom. The van der Waals surface area contributed by atoms with Gasteiger partial charge >= 0.3 is 0 Å². The van der Waals surface area contributed by atoms with E-state index in [1.54, 1.807) is 0 Å². The number of hydrogen-bond donors (Lipinski definition) is 1. The van der Waals surface area contributed by atoms with Crippen LogP contribution in [0.1, 0.15) is 34.1 Å². The van der Waals surface area contributed by atoms with Crippen LogP contribution in [0.4, 0.5) is 4.39 Å². The van der Waals surface area contributed by atoms with Crippen molar-refractivity contribution in [3.63, 3.8) is 0 Å². The van der Waals surface area contributed by atoms with E-state index in [2.05, 4.69) is 13.8 Å². The second-order valence-corrected chi connectivity index (χ2v) is 5.03. The highest BCUT2D eigenvalue weighted by Gasteiger charge is 2.43. The molecular weight excluding hydrogens is 181 g/mol. The van der Waals surface area contributed by atoms with Gasteiger partial charge in [-0.1, -0.05) is 27.7 Å². The fraction of sp³-hybridized carbons (Fsp3) is 1.00. The maximum absolute atomic E-state index is 13.7. The predicted molar refractivity (Wildman–Crippen MR) is 55.8 cm³/mol. The molecule has 2 N–H and O–H groups in total. The third kappa shape index (κ3) is 2.45. The zero-order chi connectivity index (χ0) is 10.9. The summed E-state index contributed by atoms with van der Waals surface area (Å²) in [6.45, 7) is 8.19. The molecular formula is C11H22FNO. The molecule has 14 heavy (non-hydrogen) atoms. The summed E-state index contributed by atoms with van der Waals surface area (Å²) in [5.74, 6) is 0.747. The SMILES string of the molecule is CC(C)C[C@H]1O[C@@H](C(C)C)[C@H](N)[C@@H]1F. The molecule has 84 valence electrons. The molecule has 0 aromatic heterocycles. The predicted octanol–water partition coefficient (Wildman–Crippen LogP) is 2.12. The van der Waals surface area contributed by atoms with Crippen LogP contribution in [-0.4, -0.2) is 24.4 Å². The molecule has 1 heterocycles. The largest absolute Gasteiger partial charge is 0.370 e. The smallest absolute Gasteiger partial charge is 0.144 e. The summed E-state index contributed by atoms with van der Waals surface area (Å²) in [6, 6.07) is -0.446. The van der Waals surface area contributed by atoms with E-state index in [0.29, 0.717) is 11.8 Å². The molecule has 0 aromatic rings. The first kappa shape index (κ1) is 11.9. The van der Waals surface area contributed by atoms with E-state index in [9.17, 15) is 4.39 Å². The molecule has 0 spiro atoms. The van der Waals surface area contributed by atoms with Gasteiger partial charge in [0, 0.05) is 0 Å². The standard InChI is InChI=1S/C11H22FNO/c1-6(2)5-8-9(12)10(13)11(14-8)7(3)4/h6-11H,5,13H2,1-4H3/t8-,9-,10-,11+/m1/s1. The Kier molecular flexibility index (Phi) is 3.90. The van der Waals surface area contributed by atoms with E-state index >= 15 is 0 Å². The molecule has 0 aromatic carbocycles. The molecule has 0 saturated carbocycles. The van der Waals surface area contributed by atoms with Crippen LogP contribution in [0.15, 0.2) is 0 Å². The minimum absolute atomic E-state index is 0.117. The first-order chi connectivity index (χ1) is 6.43. The summed E-state index contributed by atoms with van der Waals surface area (Å²) in [5.41, 5.74) is 5.79. The number of halogens is 1. The number of nitrogens with two attached hydrogens (primary N) is 1. The van der Waals surface area contributed by atoms with Crippen molar-refractivity contribution < 1.29 is 9.13 Å². The lowest BCUT2D eigenvalue weighted by molar-refractivity contribution is -0.00387. The lowest BCUT2D eigenvalue weighted by Gasteiger charge is -2.18. The molecule has 1 rings (SSSR count). The molecule has 2 nitrogen and oxygen atoms in total. The van der Waals surface area contributed by atoms with Gasteiger partial charge in [0.1, 0.15) is 6.17 Å². The highest BCUT2D eigenvalue weighted by Crippen LogP contribution is 2.30. The van der Waals surface area contributed by atoms with Gasteiger partial charge in [-0.25, -0.2) is 4.39 Å². The quantitative estimate of drug-likeness (QED) is 0.762. The molecule has 1 fully saturated rings. The third-order valence-electron chi connectivity index (χ3n) is 2.79. The van der Waals surface area contributed by atoms with Crippen LogP contribution in [0.5, 0.6) is 0 Å². The Hall–Kier alpha value is -0.150. The van der Waals surface area contributed by atoms with Crippen LogP contribution in [0.3, 0.4) is 0 Å². The summed E-state index contributed by atoms with van der Waals surface area (Å²) in [6.07, 6.45) is -0.645. The summed E-state index contributed by atoms with van der Waals surface area (Å²) in [7, 11) is 0. The minimum atomic E-state index is -0.996. The Morgan fingerprint density at radius 3 is 2.21 bits per heavy atom. The molecule has 0 unspecified atom stereocenters. The molecule has 1 aliphatic rings. The molecule has 0 radical (unpaired) electrons. The van der Waals surface area contributed by atoms with E-state index < -0.39 is 12.2 Å². The van der Waals surface area contributed by atoms with Crippen LogP contribution in [0, 0.1) is 11.8 Å². The van der Waals surface area contributed by atoms with Crippen LogP contribution in [-0.2, 0) is 4.74 Å². The number of rotatable bonds is 3. The van der Waals surface area contributed by atoms with Gasteiger partial charge in [0.2, 0.25) is 0 Å². The van der Waals surface area contributed by atoms with Crippen molar-refractivity contribution >= 4 is 0 Å². The van der Waals surface area contributed by atoms with Crippen molar-refractivity contribution in [1.29, 1.82) is 0 Å². The van der Waals surface area contributed by atoms with Crippen molar-refractivity contribution in [3.8, 4) is 0 Å². The monoisotopic (exact) mass is 203 g/mol. The normalized spacial score (nSPS) is 38.6. The van der Waals surface area contributed by atoms with E-state index in [-0.39, 0.29) is 12.2 Å². The summed E-state index contributed by atoms with van der Waals surface area (Å²) in [4.78, 5) is 0. The third-order valence-corrected chi connectivity index (χ3v) is 2.79. The fourth-order valence-electron chi connectivity index (χ4n) is 2.05. The van der Waals surface area contributed by atoms with Crippen LogP contribution in [0.25, 0.3) is 0 Å². The van der Waals surface area contributed by atoms with Crippen LogP contribution < -0.4 is 5.73 Å². The average Bonchev–Trinajstić information content (AvgIpc) is 2.32. The van der Waals surface area contributed by atoms with Gasteiger partial charge < -0.3 is 10.5 Å². The van der Waals surface area contributed by atoms with Gasteiger partial charge in [0.05, 0.1) is 18.2 Å². The average molecular weight is 203 g/mol. The van der Waals surface area contributed by atoms with Crippen molar-refractivity contribution in [2.45, 2.75) is 58.5 Å². The van der Waals surface area contributed by atoms with E-state index in [4.69, 9.17) is 10.5 Å². The van der Waals surface area contributed by atoms with E-state index in [1.807, 2.05) is 13.8 Å². The van der Waals surface area contributed by atoms with Gasteiger partial charge in [-0.05, 0) is 18.3 Å². The summed E-state index contributed by atoms with van der Waals surface area (Å²) < 4.78 is 19.4. The Bertz CT molecular complexity index is 184. The molecule has 4 atom stereocenters. The first-order valence-corrected chi connectivity index (χ1v) is 5.48. The highest BCUT2D eigenvalue weighted by atomic mass is 19.1. The lowest BCUT2D eigenvalue weighted by Crippen LogP contribution is -2.40. The minimum Gasteiger partial charge on any atom is -0.370 e. The lowest BCUT2D eigenvalue weighted by atomic mass is 9.96. The maximum atomic E-state index is 13.7. The van der Waals surface area contributed by atoms with Gasteiger partial charge in [-0.3, -0.25) is 0 Å². The molecule has 0 amide bonds. The van der Waals surface area contributed by atoms with Crippen molar-refractivity contribution in [1.82, 2.24) is 0 Å². The fourth-order valence-corrected chi connectivity index (χ4v) is 2.05. The van der Waals surface area contributed by atoms with Crippen molar-refractivity contribution in [2.75, 3.05) is 0 Å². The molecule has 0 aliphatic carbocycles. The zero-order valence-electron chi connectivity index (χ0n) is 9.53. The van der Waals surface area contributed by atoms with Gasteiger partial charge in [0.25, 0.3) is 0 Å². The molecule has 3 heteroatoms. The molecule has 1 aliphatic heterocycles. The zero-order valence-corrected chi connectivity index (χ0v) is 9.53. The van der Waals surface area contributed by atoms with Gasteiger partial charge in [0.15, 0.2) is 0 Å². The van der Waals surface area contributed by atoms with Gasteiger partial charge in [-0.2, -0.15) is 0 Å². The number of alkyl halides is 1. The maximum Gasteiger partial charge on any atom is 0.144 e. The first-order valence-electron chi connectivity index (χ1n) is 5.48.